The van der Waals surface area contributed by atoms with E-state index in [0.29, 0.717) is 19.5 Å². The third kappa shape index (κ3) is 4.51. The number of amides is 2. The number of aliphatic hydroxyl groups excluding tert-OH is 1. The zero-order valence-corrected chi connectivity index (χ0v) is 11.0. The second-order valence-electron chi connectivity index (χ2n) is 4.72. The van der Waals surface area contributed by atoms with Gasteiger partial charge in [0.05, 0.1) is 5.92 Å². The molecule has 1 aliphatic rings. The van der Waals surface area contributed by atoms with E-state index in [1.54, 1.807) is 4.90 Å². The number of nitrogens with zero attached hydrogens (tertiary/aromatic N) is 1. The first-order valence-electron chi connectivity index (χ1n) is 6.35. The van der Waals surface area contributed by atoms with Crippen LogP contribution in [-0.2, 0) is 14.4 Å². The first kappa shape index (κ1) is 15.4. The van der Waals surface area contributed by atoms with E-state index in [-0.39, 0.29) is 30.8 Å². The molecule has 0 aromatic heterocycles. The molecular formula is C12H20N2O5. The molecule has 0 bridgehead atoms. The van der Waals surface area contributed by atoms with Gasteiger partial charge >= 0.3 is 5.97 Å². The van der Waals surface area contributed by atoms with Crippen molar-refractivity contribution in [3.05, 3.63) is 0 Å². The van der Waals surface area contributed by atoms with Crippen LogP contribution in [0.2, 0.25) is 0 Å². The summed E-state index contributed by atoms with van der Waals surface area (Å²) in [6.07, 6.45) is 1.35. The van der Waals surface area contributed by atoms with E-state index >= 15 is 0 Å². The molecule has 19 heavy (non-hydrogen) atoms. The Kier molecular flexibility index (Phi) is 5.75. The van der Waals surface area contributed by atoms with Crippen molar-refractivity contribution >= 4 is 17.8 Å². The van der Waals surface area contributed by atoms with Crippen molar-refractivity contribution in [3.8, 4) is 0 Å². The van der Waals surface area contributed by atoms with Gasteiger partial charge in [0.25, 0.3) is 0 Å². The summed E-state index contributed by atoms with van der Waals surface area (Å²) in [5.74, 6) is -1.99. The van der Waals surface area contributed by atoms with Crippen LogP contribution in [0.15, 0.2) is 0 Å². The molecule has 0 aromatic carbocycles. The Morgan fingerprint density at radius 2 is 2.11 bits per heavy atom. The minimum atomic E-state index is -1.17. The summed E-state index contributed by atoms with van der Waals surface area (Å²) in [4.78, 5) is 35.7. The number of hydrogen-bond donors (Lipinski definition) is 3. The van der Waals surface area contributed by atoms with Gasteiger partial charge in [-0.05, 0) is 12.8 Å². The molecule has 0 radical (unpaired) electrons. The highest BCUT2D eigenvalue weighted by Gasteiger charge is 2.29. The number of nitrogens with one attached hydrogen (secondary N) is 1. The van der Waals surface area contributed by atoms with Gasteiger partial charge in [-0.25, -0.2) is 4.79 Å². The van der Waals surface area contributed by atoms with E-state index in [4.69, 9.17) is 10.2 Å². The fourth-order valence-electron chi connectivity index (χ4n) is 2.15. The van der Waals surface area contributed by atoms with Gasteiger partial charge in [-0.15, -0.1) is 0 Å². The van der Waals surface area contributed by atoms with Gasteiger partial charge in [-0.1, -0.05) is 0 Å². The lowest BCUT2D eigenvalue weighted by Gasteiger charge is -2.31. The lowest BCUT2D eigenvalue weighted by molar-refractivity contribution is -0.144. The van der Waals surface area contributed by atoms with E-state index < -0.39 is 12.0 Å². The Morgan fingerprint density at radius 3 is 2.63 bits per heavy atom. The zero-order chi connectivity index (χ0) is 14.4. The Balaban J connectivity index is 2.56. The van der Waals surface area contributed by atoms with E-state index in [1.165, 1.54) is 6.92 Å². The van der Waals surface area contributed by atoms with Crippen molar-refractivity contribution in [2.75, 3.05) is 19.7 Å². The van der Waals surface area contributed by atoms with Gasteiger partial charge in [0.15, 0.2) is 0 Å². The largest absolute Gasteiger partial charge is 0.480 e. The molecule has 0 spiro atoms. The molecule has 2 amide bonds. The van der Waals surface area contributed by atoms with E-state index in [1.807, 2.05) is 0 Å². The third-order valence-electron chi connectivity index (χ3n) is 3.27. The molecular weight excluding hydrogens is 252 g/mol. The molecule has 0 aromatic rings. The summed E-state index contributed by atoms with van der Waals surface area (Å²) in [7, 11) is 0. The SMILES string of the molecule is CC(=O)N1CCCC(C(=O)N[C@@H](CCO)C(=O)O)C1. The van der Waals surface area contributed by atoms with Gasteiger partial charge in [0.1, 0.15) is 6.04 Å². The van der Waals surface area contributed by atoms with Gasteiger partial charge in [0, 0.05) is 33.0 Å². The quantitative estimate of drug-likeness (QED) is 0.607. The number of aliphatic hydroxyl groups is 1. The number of carboxylic acids is 1. The van der Waals surface area contributed by atoms with Crippen molar-refractivity contribution in [1.29, 1.82) is 0 Å². The second kappa shape index (κ2) is 7.08. The van der Waals surface area contributed by atoms with Crippen molar-refractivity contribution in [1.82, 2.24) is 10.2 Å². The number of likely N-dealkylation sites (tertiary alicyclic amines) is 1. The average molecular weight is 272 g/mol. The van der Waals surface area contributed by atoms with Crippen molar-refractivity contribution < 1.29 is 24.6 Å². The lowest BCUT2D eigenvalue weighted by atomic mass is 9.96. The van der Waals surface area contributed by atoms with Crippen molar-refractivity contribution in [2.24, 2.45) is 5.92 Å². The van der Waals surface area contributed by atoms with Gasteiger partial charge in [-0.3, -0.25) is 9.59 Å². The first-order chi connectivity index (χ1) is 8.95. The average Bonchev–Trinajstić information content (AvgIpc) is 2.38. The third-order valence-corrected chi connectivity index (χ3v) is 3.27. The maximum atomic E-state index is 12.0. The van der Waals surface area contributed by atoms with E-state index in [9.17, 15) is 14.4 Å². The molecule has 3 N–H and O–H groups in total. The predicted molar refractivity (Wildman–Crippen MR) is 66.2 cm³/mol. The van der Waals surface area contributed by atoms with E-state index in [2.05, 4.69) is 5.32 Å². The van der Waals surface area contributed by atoms with Crippen LogP contribution in [0, 0.1) is 5.92 Å². The van der Waals surface area contributed by atoms with Crippen LogP contribution in [0.5, 0.6) is 0 Å². The van der Waals surface area contributed by atoms with Gasteiger partial charge in [0.2, 0.25) is 11.8 Å². The molecule has 1 heterocycles. The van der Waals surface area contributed by atoms with Crippen LogP contribution < -0.4 is 5.32 Å². The molecule has 1 fully saturated rings. The maximum Gasteiger partial charge on any atom is 0.326 e. The van der Waals surface area contributed by atoms with Gasteiger partial charge in [-0.2, -0.15) is 0 Å². The summed E-state index contributed by atoms with van der Waals surface area (Å²) in [5.41, 5.74) is 0. The first-order valence-corrected chi connectivity index (χ1v) is 6.35. The van der Waals surface area contributed by atoms with Crippen LogP contribution in [-0.4, -0.2) is 58.6 Å². The molecule has 1 aliphatic heterocycles. The number of carbonyl (C=O) groups excluding carboxylic acids is 2. The smallest absolute Gasteiger partial charge is 0.326 e. The molecule has 1 rings (SSSR count). The zero-order valence-electron chi connectivity index (χ0n) is 11.0. The number of rotatable bonds is 5. The highest BCUT2D eigenvalue weighted by molar-refractivity contribution is 5.85. The summed E-state index contributed by atoms with van der Waals surface area (Å²) in [6.45, 7) is 2.11. The van der Waals surface area contributed by atoms with Crippen LogP contribution in [0.1, 0.15) is 26.2 Å². The molecule has 7 heteroatoms. The Labute approximate surface area is 111 Å². The molecule has 108 valence electrons. The standard InChI is InChI=1S/C12H20N2O5/c1-8(16)14-5-2-3-9(7-14)11(17)13-10(4-6-15)12(18)19/h9-10,15H,2-7H2,1H3,(H,13,17)(H,18,19)/t9?,10-/m0/s1. The number of piperidine rings is 1. The normalized spacial score (nSPS) is 20.7. The molecule has 2 atom stereocenters. The van der Waals surface area contributed by atoms with Gasteiger partial charge < -0.3 is 20.4 Å². The summed E-state index contributed by atoms with van der Waals surface area (Å²) in [6, 6.07) is -1.08. The second-order valence-corrected chi connectivity index (χ2v) is 4.72. The summed E-state index contributed by atoms with van der Waals surface area (Å²) >= 11 is 0. The number of carbonyl (C=O) groups is 3. The Bertz CT molecular complexity index is 358. The highest BCUT2D eigenvalue weighted by atomic mass is 16.4. The fourth-order valence-corrected chi connectivity index (χ4v) is 2.15. The summed E-state index contributed by atoms with van der Waals surface area (Å²) in [5, 5.41) is 20.1. The van der Waals surface area contributed by atoms with Crippen LogP contribution in [0.4, 0.5) is 0 Å². The topological polar surface area (TPSA) is 107 Å². The van der Waals surface area contributed by atoms with Crippen LogP contribution in [0.25, 0.3) is 0 Å². The van der Waals surface area contributed by atoms with Crippen molar-refractivity contribution in [3.63, 3.8) is 0 Å². The molecule has 0 aliphatic carbocycles. The maximum absolute atomic E-state index is 12.0. The minimum Gasteiger partial charge on any atom is -0.480 e. The number of hydrogen-bond acceptors (Lipinski definition) is 4. The molecule has 1 unspecified atom stereocenters. The fraction of sp³-hybridized carbons (Fsp3) is 0.750. The minimum absolute atomic E-state index is 0.0236. The molecule has 7 nitrogen and oxygen atoms in total. The number of aliphatic carboxylic acids is 1. The monoisotopic (exact) mass is 272 g/mol. The van der Waals surface area contributed by atoms with Crippen LogP contribution in [0.3, 0.4) is 0 Å². The highest BCUT2D eigenvalue weighted by Crippen LogP contribution is 2.17. The Hall–Kier alpha value is -1.63. The van der Waals surface area contributed by atoms with E-state index in [0.717, 1.165) is 6.42 Å². The molecule has 0 saturated carbocycles. The van der Waals surface area contributed by atoms with Crippen LogP contribution >= 0.6 is 0 Å². The summed E-state index contributed by atoms with van der Waals surface area (Å²) < 4.78 is 0. The lowest BCUT2D eigenvalue weighted by Crippen LogP contribution is -2.49. The molecule has 1 saturated heterocycles. The number of carboxylic acid groups (broad SMARTS) is 1. The Morgan fingerprint density at radius 1 is 1.42 bits per heavy atom. The van der Waals surface area contributed by atoms with Crippen molar-refractivity contribution in [2.45, 2.75) is 32.2 Å². The predicted octanol–water partition coefficient (Wildman–Crippen LogP) is -0.803.